The van der Waals surface area contributed by atoms with Crippen LogP contribution in [0.5, 0.6) is 0 Å². The van der Waals surface area contributed by atoms with E-state index in [1.165, 1.54) is 0 Å². The number of phosphoric ester groups is 2. The van der Waals surface area contributed by atoms with Crippen molar-refractivity contribution >= 4 is 15.6 Å². The first-order chi connectivity index (χ1) is 16.7. The van der Waals surface area contributed by atoms with Crippen LogP contribution >= 0.6 is 15.6 Å². The Hall–Kier alpha value is -1.38. The minimum atomic E-state index is -5.51. The number of ether oxygens (including phenoxy) is 2. The summed E-state index contributed by atoms with van der Waals surface area (Å²) in [4.78, 5) is 44.6. The smallest absolute Gasteiger partial charge is 0.394 e. The molecule has 2 aliphatic heterocycles. The van der Waals surface area contributed by atoms with Crippen molar-refractivity contribution in [1.82, 2.24) is 9.55 Å². The number of H-pyrrole nitrogens is 1. The fourth-order valence-electron chi connectivity index (χ4n) is 3.39. The van der Waals surface area contributed by atoms with Crippen molar-refractivity contribution in [2.24, 2.45) is 5.73 Å². The maximum atomic E-state index is 12.2. The van der Waals surface area contributed by atoms with Gasteiger partial charge >= 0.3 is 21.3 Å². The van der Waals surface area contributed by atoms with Crippen LogP contribution in [0.2, 0.25) is 0 Å². The van der Waals surface area contributed by atoms with Crippen LogP contribution in [0.25, 0.3) is 0 Å². The third-order valence-electron chi connectivity index (χ3n) is 5.24. The first-order valence-corrected chi connectivity index (χ1v) is 13.1. The van der Waals surface area contributed by atoms with Crippen LogP contribution in [0.1, 0.15) is 6.23 Å². The summed E-state index contributed by atoms with van der Waals surface area (Å²) in [6.07, 6.45) is -12.5. The van der Waals surface area contributed by atoms with Gasteiger partial charge in [0.2, 0.25) is 0 Å². The Balaban J connectivity index is 1.61. The standard InChI is InChI=1S/C15H25N3O16P2/c16-8-11(23)9(21)5(3-19)32-14(8)33-36(28,29)34-35(26,27)30-4-6-10(22)12(24)13(31-6)18-2-1-7(20)17-15(18)25/h1-2,5-6,8-14,19,21-24H,3-4,16H2,(H,26,27)(H,28,29)(H,17,20,25)/t5-,6-,8+,9-,10-,11-,12-,13-,14-/m1/s1. The Labute approximate surface area is 200 Å². The van der Waals surface area contributed by atoms with Gasteiger partial charge in [-0.25, -0.2) is 13.9 Å². The molecule has 2 fully saturated rings. The maximum Gasteiger partial charge on any atom is 0.483 e. The average Bonchev–Trinajstić information content (AvgIpc) is 3.06. The van der Waals surface area contributed by atoms with Gasteiger partial charge in [-0.15, -0.1) is 0 Å². The molecule has 206 valence electrons. The largest absolute Gasteiger partial charge is 0.483 e. The molecule has 3 heterocycles. The van der Waals surface area contributed by atoms with Crippen molar-refractivity contribution in [3.63, 3.8) is 0 Å². The minimum absolute atomic E-state index is 0.735. The van der Waals surface area contributed by atoms with Crippen molar-refractivity contribution in [2.45, 2.75) is 55.2 Å². The molecule has 2 unspecified atom stereocenters. The molecule has 21 heteroatoms. The van der Waals surface area contributed by atoms with E-state index in [1.54, 1.807) is 0 Å². The Morgan fingerprint density at radius 1 is 1.00 bits per heavy atom. The summed E-state index contributed by atoms with van der Waals surface area (Å²) in [5.41, 5.74) is 3.82. The number of phosphoric acid groups is 2. The highest BCUT2D eigenvalue weighted by Crippen LogP contribution is 2.61. The molecule has 11 atom stereocenters. The second-order valence-electron chi connectivity index (χ2n) is 7.77. The second kappa shape index (κ2) is 11.2. The molecule has 1 aromatic heterocycles. The Kier molecular flexibility index (Phi) is 9.05. The maximum absolute atomic E-state index is 12.2. The molecule has 1 aromatic rings. The topological polar surface area (TPSA) is 303 Å². The van der Waals surface area contributed by atoms with E-state index in [0.717, 1.165) is 16.8 Å². The fraction of sp³-hybridized carbons (Fsp3) is 0.733. The molecular formula is C15H25N3O16P2. The predicted molar refractivity (Wildman–Crippen MR) is 111 cm³/mol. The number of aromatic amines is 1. The van der Waals surface area contributed by atoms with Crippen LogP contribution in [0, 0.1) is 0 Å². The Bertz CT molecular complexity index is 1130. The first kappa shape index (κ1) is 29.2. The normalized spacial score (nSPS) is 38.4. The fourth-order valence-corrected chi connectivity index (χ4v) is 5.57. The number of aliphatic hydroxyl groups is 5. The zero-order valence-corrected chi connectivity index (χ0v) is 19.8. The van der Waals surface area contributed by atoms with Crippen LogP contribution in [-0.2, 0) is 32.0 Å². The number of hydrogen-bond donors (Lipinski definition) is 9. The van der Waals surface area contributed by atoms with Gasteiger partial charge in [-0.05, 0) is 0 Å². The van der Waals surface area contributed by atoms with Crippen LogP contribution in [-0.4, -0.2) is 107 Å². The lowest BCUT2D eigenvalue weighted by molar-refractivity contribution is -0.242. The van der Waals surface area contributed by atoms with E-state index in [4.69, 9.17) is 20.3 Å². The number of aliphatic hydroxyl groups excluding tert-OH is 5. The van der Waals surface area contributed by atoms with Crippen molar-refractivity contribution in [3.8, 4) is 0 Å². The number of rotatable bonds is 9. The molecule has 0 aromatic carbocycles. The number of hydrogen-bond acceptors (Lipinski definition) is 15. The molecule has 0 bridgehead atoms. The first-order valence-electron chi connectivity index (χ1n) is 10.1. The highest BCUT2D eigenvalue weighted by atomic mass is 31.3. The lowest BCUT2D eigenvalue weighted by atomic mass is 9.98. The minimum Gasteiger partial charge on any atom is -0.394 e. The number of nitrogens with one attached hydrogen (secondary N) is 1. The van der Waals surface area contributed by atoms with Crippen molar-refractivity contribution in [1.29, 1.82) is 0 Å². The van der Waals surface area contributed by atoms with Gasteiger partial charge in [0.25, 0.3) is 5.56 Å². The van der Waals surface area contributed by atoms with E-state index in [0.29, 0.717) is 0 Å². The van der Waals surface area contributed by atoms with Gasteiger partial charge in [-0.2, -0.15) is 4.31 Å². The third-order valence-corrected chi connectivity index (χ3v) is 7.84. The zero-order valence-electron chi connectivity index (χ0n) is 18.0. The molecule has 0 amide bonds. The summed E-state index contributed by atoms with van der Waals surface area (Å²) in [5.74, 6) is 0. The number of nitrogens with two attached hydrogens (primary N) is 1. The van der Waals surface area contributed by atoms with E-state index in [1.807, 2.05) is 4.98 Å². The summed E-state index contributed by atoms with van der Waals surface area (Å²) < 4.78 is 48.5. The van der Waals surface area contributed by atoms with Gasteiger partial charge in [0.15, 0.2) is 12.5 Å². The van der Waals surface area contributed by atoms with Crippen molar-refractivity contribution in [2.75, 3.05) is 13.2 Å². The molecule has 0 aliphatic carbocycles. The molecule has 0 spiro atoms. The monoisotopic (exact) mass is 565 g/mol. The molecule has 36 heavy (non-hydrogen) atoms. The summed E-state index contributed by atoms with van der Waals surface area (Å²) in [7, 11) is -11.0. The molecular weight excluding hydrogens is 540 g/mol. The van der Waals surface area contributed by atoms with Crippen LogP contribution < -0.4 is 17.0 Å². The Morgan fingerprint density at radius 2 is 1.64 bits per heavy atom. The molecule has 3 rings (SSSR count). The zero-order chi connectivity index (χ0) is 27.0. The van der Waals surface area contributed by atoms with Crippen LogP contribution in [0.3, 0.4) is 0 Å². The quantitative estimate of drug-likeness (QED) is 0.127. The molecule has 2 saturated heterocycles. The van der Waals surface area contributed by atoms with E-state index in [-0.39, 0.29) is 0 Å². The molecule has 0 radical (unpaired) electrons. The lowest BCUT2D eigenvalue weighted by Crippen LogP contribution is -2.62. The van der Waals surface area contributed by atoms with E-state index < -0.39 is 95.3 Å². The highest BCUT2D eigenvalue weighted by molar-refractivity contribution is 7.61. The van der Waals surface area contributed by atoms with E-state index in [2.05, 4.69) is 13.4 Å². The van der Waals surface area contributed by atoms with Gasteiger partial charge in [0.05, 0.1) is 19.3 Å². The second-order valence-corrected chi connectivity index (χ2v) is 10.8. The van der Waals surface area contributed by atoms with Gasteiger partial charge in [-0.1, -0.05) is 0 Å². The van der Waals surface area contributed by atoms with Crippen LogP contribution in [0.4, 0.5) is 0 Å². The molecule has 2 aliphatic rings. The SMILES string of the molecule is N[C@@H]1[C@@H](OP(=O)(O)OP(=O)(O)OC[C@H]2O[C@@H](n3ccc(=O)[nH]c3=O)[C@H](O)[C@@H]2O)O[C@H](CO)[C@@H](O)[C@@H]1O. The van der Waals surface area contributed by atoms with Gasteiger partial charge < -0.3 is 50.5 Å². The third kappa shape index (κ3) is 6.54. The molecule has 10 N–H and O–H groups in total. The van der Waals surface area contributed by atoms with Crippen molar-refractivity contribution < 1.29 is 67.3 Å². The summed E-state index contributed by atoms with van der Waals surface area (Å²) >= 11 is 0. The number of nitrogens with zero attached hydrogens (tertiary/aromatic N) is 1. The predicted octanol–water partition coefficient (Wildman–Crippen LogP) is -4.83. The lowest BCUT2D eigenvalue weighted by Gasteiger charge is -2.40. The number of aromatic nitrogens is 2. The van der Waals surface area contributed by atoms with Crippen molar-refractivity contribution in [3.05, 3.63) is 33.1 Å². The Morgan fingerprint density at radius 3 is 2.25 bits per heavy atom. The van der Waals surface area contributed by atoms with Gasteiger partial charge in [-0.3, -0.25) is 23.4 Å². The van der Waals surface area contributed by atoms with Crippen LogP contribution in [0.15, 0.2) is 21.9 Å². The molecule has 19 nitrogen and oxygen atoms in total. The van der Waals surface area contributed by atoms with E-state index in [9.17, 15) is 48.9 Å². The average molecular weight is 565 g/mol. The summed E-state index contributed by atoms with van der Waals surface area (Å²) in [6, 6.07) is -0.699. The van der Waals surface area contributed by atoms with Gasteiger partial charge in [0.1, 0.15) is 36.6 Å². The highest BCUT2D eigenvalue weighted by Gasteiger charge is 2.49. The van der Waals surface area contributed by atoms with E-state index >= 15 is 0 Å². The molecule has 0 saturated carbocycles. The summed E-state index contributed by atoms with van der Waals surface area (Å²) in [5, 5.41) is 49.0. The van der Waals surface area contributed by atoms with Gasteiger partial charge in [0, 0.05) is 12.3 Å². The summed E-state index contributed by atoms with van der Waals surface area (Å²) in [6.45, 7) is -1.84.